The van der Waals surface area contributed by atoms with Crippen molar-refractivity contribution in [2.45, 2.75) is 68.5 Å². The van der Waals surface area contributed by atoms with Crippen molar-refractivity contribution in [3.63, 3.8) is 0 Å². The van der Waals surface area contributed by atoms with Gasteiger partial charge in [0.1, 0.15) is 5.70 Å². The van der Waals surface area contributed by atoms with Crippen LogP contribution in [0.1, 0.15) is 27.2 Å². The first kappa shape index (κ1) is 25.4. The van der Waals surface area contributed by atoms with Gasteiger partial charge in [0.25, 0.3) is 5.54 Å². The van der Waals surface area contributed by atoms with Crippen molar-refractivity contribution >= 4 is 5.97 Å². The number of ether oxygens (including phenoxy) is 1. The van der Waals surface area contributed by atoms with Crippen LogP contribution < -0.4 is 0 Å². The zero-order chi connectivity index (χ0) is 24.6. The molecule has 4 nitrogen and oxygen atoms in total. The fourth-order valence-corrected chi connectivity index (χ4v) is 4.00. The Kier molecular flexibility index (Phi) is 5.38. The Hall–Kier alpha value is -1.87. The van der Waals surface area contributed by atoms with Gasteiger partial charge in [-0.1, -0.05) is 0 Å². The van der Waals surface area contributed by atoms with Crippen LogP contribution in [0.2, 0.25) is 0 Å². The molecule has 1 fully saturated rings. The third-order valence-corrected chi connectivity index (χ3v) is 5.02. The molecule has 0 aromatic heterocycles. The number of hydrogen-bond donors (Lipinski definition) is 0. The van der Waals surface area contributed by atoms with E-state index in [-0.39, 0.29) is 0 Å². The van der Waals surface area contributed by atoms with E-state index in [1.54, 1.807) is 0 Å². The molecule has 2 aliphatic heterocycles. The minimum absolute atomic E-state index is 0.355. The first-order valence-corrected chi connectivity index (χ1v) is 8.30. The molecule has 180 valence electrons. The van der Waals surface area contributed by atoms with Gasteiger partial charge in [-0.3, -0.25) is 5.01 Å². The van der Waals surface area contributed by atoms with Crippen LogP contribution in [-0.4, -0.2) is 63.9 Å². The van der Waals surface area contributed by atoms with Crippen molar-refractivity contribution in [2.24, 2.45) is 0 Å². The maximum absolute atomic E-state index is 13.8. The van der Waals surface area contributed by atoms with Crippen molar-refractivity contribution in [3.05, 3.63) is 11.8 Å². The van der Waals surface area contributed by atoms with Gasteiger partial charge >= 0.3 is 30.7 Å². The van der Waals surface area contributed by atoms with Crippen LogP contribution in [-0.2, 0) is 9.53 Å². The summed E-state index contributed by atoms with van der Waals surface area (Å²) in [5.41, 5.74) is -15.8. The van der Waals surface area contributed by atoms with E-state index in [1.807, 2.05) is 0 Å². The first-order valence-electron chi connectivity index (χ1n) is 8.30. The lowest BCUT2D eigenvalue weighted by Crippen LogP contribution is -2.72. The molecule has 0 amide bonds. The molecule has 0 aromatic carbocycles. The Bertz CT molecular complexity index is 747. The molecular formula is C15H14F12N2O2. The lowest BCUT2D eigenvalue weighted by atomic mass is 9.82. The summed E-state index contributed by atoms with van der Waals surface area (Å²) >= 11 is 0. The second-order valence-electron chi connectivity index (χ2n) is 7.48. The normalized spacial score (nSPS) is 23.6. The van der Waals surface area contributed by atoms with E-state index in [2.05, 4.69) is 4.74 Å². The van der Waals surface area contributed by atoms with Gasteiger partial charge in [0.05, 0.1) is 6.61 Å². The van der Waals surface area contributed by atoms with Gasteiger partial charge in [0.15, 0.2) is 0 Å². The van der Waals surface area contributed by atoms with E-state index in [9.17, 15) is 57.5 Å². The minimum Gasteiger partial charge on any atom is -0.461 e. The molecule has 0 N–H and O–H groups in total. The van der Waals surface area contributed by atoms with Crippen LogP contribution in [0, 0.1) is 0 Å². The predicted octanol–water partition coefficient (Wildman–Crippen LogP) is 4.88. The van der Waals surface area contributed by atoms with Gasteiger partial charge in [-0.15, -0.1) is 0 Å². The minimum atomic E-state index is -6.47. The lowest BCUT2D eigenvalue weighted by molar-refractivity contribution is -0.379. The van der Waals surface area contributed by atoms with Gasteiger partial charge in [-0.2, -0.15) is 57.7 Å². The topological polar surface area (TPSA) is 32.8 Å². The molecule has 0 unspecified atom stereocenters. The third kappa shape index (κ3) is 3.15. The van der Waals surface area contributed by atoms with Gasteiger partial charge in [0, 0.05) is 12.0 Å². The maximum atomic E-state index is 13.8. The Morgan fingerprint density at radius 3 is 1.65 bits per heavy atom. The summed E-state index contributed by atoms with van der Waals surface area (Å²) in [5.74, 6) is -2.21. The van der Waals surface area contributed by atoms with Crippen LogP contribution in [0.5, 0.6) is 0 Å². The van der Waals surface area contributed by atoms with E-state index in [4.69, 9.17) is 0 Å². The van der Waals surface area contributed by atoms with Gasteiger partial charge < -0.3 is 4.74 Å². The van der Waals surface area contributed by atoms with Gasteiger partial charge in [-0.05, 0) is 26.8 Å². The molecule has 0 bridgehead atoms. The number of halogens is 12. The summed E-state index contributed by atoms with van der Waals surface area (Å²) in [4.78, 5) is 12.1. The van der Waals surface area contributed by atoms with Crippen LogP contribution in [0.15, 0.2) is 11.8 Å². The SMILES string of the molecule is CCOC(=O)C1=CC(C(F)(F)F)(C(F)(F)F)N2N1C(C(F)(F)F)(C(F)(F)F)CC2(C)C. The summed E-state index contributed by atoms with van der Waals surface area (Å²) in [5, 5.41) is -2.39. The second-order valence-corrected chi connectivity index (χ2v) is 7.48. The summed E-state index contributed by atoms with van der Waals surface area (Å²) in [6.45, 7) is 0.963. The van der Waals surface area contributed by atoms with Gasteiger partial charge in [0.2, 0.25) is 5.54 Å². The number of fused-ring (bicyclic) bond motifs is 1. The monoisotopic (exact) mass is 482 g/mol. The fraction of sp³-hybridized carbons (Fsp3) is 0.800. The summed E-state index contributed by atoms with van der Waals surface area (Å²) in [7, 11) is 0. The zero-order valence-corrected chi connectivity index (χ0v) is 15.7. The third-order valence-electron chi connectivity index (χ3n) is 5.02. The molecule has 31 heavy (non-hydrogen) atoms. The molecule has 2 rings (SSSR count). The Morgan fingerprint density at radius 1 is 0.903 bits per heavy atom. The Balaban J connectivity index is 3.06. The fourth-order valence-electron chi connectivity index (χ4n) is 4.00. The average molecular weight is 482 g/mol. The highest BCUT2D eigenvalue weighted by atomic mass is 19.4. The van der Waals surface area contributed by atoms with Crippen LogP contribution >= 0.6 is 0 Å². The number of hydrogen-bond acceptors (Lipinski definition) is 4. The van der Waals surface area contributed by atoms with Crippen molar-refractivity contribution < 1.29 is 62.2 Å². The quantitative estimate of drug-likeness (QED) is 0.415. The molecule has 0 aromatic rings. The van der Waals surface area contributed by atoms with E-state index in [0.29, 0.717) is 13.8 Å². The molecule has 0 saturated carbocycles. The summed E-state index contributed by atoms with van der Waals surface area (Å²) < 4.78 is 170. The Morgan fingerprint density at radius 2 is 1.32 bits per heavy atom. The lowest BCUT2D eigenvalue weighted by Gasteiger charge is -2.48. The second kappa shape index (κ2) is 6.57. The standard InChI is InChI=1S/C15H14F12N2O2/c1-4-31-8(30)7-5-10(12(16,17)18,13(19,20)21)29-9(2,3)6-11(28(7)29,14(22,23)24)15(25,26)27/h5H,4,6H2,1-3H3. The van der Waals surface area contributed by atoms with Crippen LogP contribution in [0.3, 0.4) is 0 Å². The smallest absolute Gasteiger partial charge is 0.422 e. The van der Waals surface area contributed by atoms with E-state index < -0.39 is 82.1 Å². The van der Waals surface area contributed by atoms with Crippen molar-refractivity contribution in [2.75, 3.05) is 6.61 Å². The van der Waals surface area contributed by atoms with E-state index in [1.165, 1.54) is 0 Å². The van der Waals surface area contributed by atoms with Crippen LogP contribution in [0.4, 0.5) is 52.7 Å². The molecular weight excluding hydrogens is 468 g/mol. The highest BCUT2D eigenvalue weighted by Gasteiger charge is 2.89. The molecule has 2 heterocycles. The van der Waals surface area contributed by atoms with Crippen molar-refractivity contribution in [1.82, 2.24) is 10.0 Å². The number of alkyl halides is 12. The van der Waals surface area contributed by atoms with Crippen molar-refractivity contribution in [1.29, 1.82) is 0 Å². The number of hydrazine groups is 1. The molecule has 0 radical (unpaired) electrons. The van der Waals surface area contributed by atoms with Crippen LogP contribution in [0.25, 0.3) is 0 Å². The maximum Gasteiger partial charge on any atom is 0.422 e. The highest BCUT2D eigenvalue weighted by Crippen LogP contribution is 2.66. The zero-order valence-electron chi connectivity index (χ0n) is 15.7. The van der Waals surface area contributed by atoms with Gasteiger partial charge in [-0.25, -0.2) is 4.79 Å². The molecule has 2 aliphatic rings. The van der Waals surface area contributed by atoms with E-state index in [0.717, 1.165) is 6.92 Å². The molecule has 16 heteroatoms. The summed E-state index contributed by atoms with van der Waals surface area (Å²) in [6.07, 6.45) is -29.1. The predicted molar refractivity (Wildman–Crippen MR) is 76.8 cm³/mol. The van der Waals surface area contributed by atoms with E-state index >= 15 is 0 Å². The highest BCUT2D eigenvalue weighted by molar-refractivity contribution is 5.89. The summed E-state index contributed by atoms with van der Waals surface area (Å²) in [6, 6.07) is 0. The number of carbonyl (C=O) groups excluding carboxylic acids is 1. The first-order chi connectivity index (χ1) is 13.5. The molecule has 0 atom stereocenters. The molecule has 0 spiro atoms. The number of rotatable bonds is 2. The average Bonchev–Trinajstić information content (AvgIpc) is 2.99. The molecule has 1 saturated heterocycles. The number of nitrogens with zero attached hydrogens (tertiary/aromatic N) is 2. The number of esters is 1. The number of carbonyl (C=O) groups is 1. The Labute approximate surface area is 166 Å². The molecule has 0 aliphatic carbocycles. The largest absolute Gasteiger partial charge is 0.461 e. The van der Waals surface area contributed by atoms with Crippen molar-refractivity contribution in [3.8, 4) is 0 Å².